The molecule has 0 bridgehead atoms. The second kappa shape index (κ2) is 8.55. The molecule has 0 aliphatic heterocycles. The van der Waals surface area contributed by atoms with Crippen molar-refractivity contribution in [1.29, 1.82) is 0 Å². The number of carbonyl (C=O) groups excluding carboxylic acids is 1. The molecule has 2 aromatic heterocycles. The number of hydrogen-bond donors (Lipinski definition) is 1. The van der Waals surface area contributed by atoms with E-state index in [0.29, 0.717) is 23.6 Å². The molecule has 2 heterocycles. The highest BCUT2D eigenvalue weighted by Gasteiger charge is 2.15. The number of nitrogens with one attached hydrogen (secondary N) is 1. The second-order valence-corrected chi connectivity index (χ2v) is 7.59. The van der Waals surface area contributed by atoms with Gasteiger partial charge >= 0.3 is 0 Å². The van der Waals surface area contributed by atoms with Crippen LogP contribution in [0.3, 0.4) is 0 Å². The highest BCUT2D eigenvalue weighted by molar-refractivity contribution is 5.75. The third-order valence-electron chi connectivity index (χ3n) is 5.42. The van der Waals surface area contributed by atoms with E-state index in [-0.39, 0.29) is 18.0 Å². The quantitative estimate of drug-likeness (QED) is 0.525. The lowest BCUT2D eigenvalue weighted by atomic mass is 10.1. The van der Waals surface area contributed by atoms with Crippen molar-refractivity contribution < 1.29 is 4.79 Å². The zero-order chi connectivity index (χ0) is 22.0. The molecule has 158 valence electrons. The van der Waals surface area contributed by atoms with E-state index in [2.05, 4.69) is 34.6 Å². The van der Waals surface area contributed by atoms with Crippen LogP contribution in [0.15, 0.2) is 59.4 Å². The number of aryl methyl sites for hydroxylation is 3. The van der Waals surface area contributed by atoms with Crippen LogP contribution in [0.4, 0.5) is 0 Å². The molecule has 0 spiro atoms. The van der Waals surface area contributed by atoms with Crippen LogP contribution in [-0.4, -0.2) is 25.3 Å². The average Bonchev–Trinajstić information content (AvgIpc) is 3.23. The zero-order valence-electron chi connectivity index (χ0n) is 17.9. The molecule has 0 atom stereocenters. The maximum atomic E-state index is 12.9. The van der Waals surface area contributed by atoms with E-state index in [1.807, 2.05) is 43.3 Å². The first-order valence-corrected chi connectivity index (χ1v) is 10.3. The van der Waals surface area contributed by atoms with Gasteiger partial charge in [0.1, 0.15) is 17.9 Å². The number of fused-ring (bicyclic) bond motifs is 1. The van der Waals surface area contributed by atoms with Gasteiger partial charge in [-0.25, -0.2) is 9.20 Å². The molecule has 0 radical (unpaired) electrons. The van der Waals surface area contributed by atoms with Gasteiger partial charge in [-0.3, -0.25) is 9.59 Å². The van der Waals surface area contributed by atoms with Crippen molar-refractivity contribution in [1.82, 2.24) is 24.7 Å². The van der Waals surface area contributed by atoms with Crippen LogP contribution in [0, 0.1) is 13.8 Å². The van der Waals surface area contributed by atoms with Gasteiger partial charge in [0.15, 0.2) is 0 Å². The van der Waals surface area contributed by atoms with Gasteiger partial charge in [-0.1, -0.05) is 55.5 Å². The summed E-state index contributed by atoms with van der Waals surface area (Å²) in [5.74, 6) is 0.272. The summed E-state index contributed by atoms with van der Waals surface area (Å²) in [5.41, 5.74) is 5.07. The topological polar surface area (TPSA) is 81.3 Å². The number of benzene rings is 2. The zero-order valence-corrected chi connectivity index (χ0v) is 17.9. The van der Waals surface area contributed by atoms with Crippen LogP contribution in [0.1, 0.15) is 29.4 Å². The third kappa shape index (κ3) is 4.26. The fourth-order valence-corrected chi connectivity index (χ4v) is 3.53. The maximum absolute atomic E-state index is 12.9. The summed E-state index contributed by atoms with van der Waals surface area (Å²) >= 11 is 0. The van der Waals surface area contributed by atoms with Crippen molar-refractivity contribution in [2.24, 2.45) is 0 Å². The Labute approximate surface area is 180 Å². The summed E-state index contributed by atoms with van der Waals surface area (Å²) in [7, 11) is 0. The van der Waals surface area contributed by atoms with Gasteiger partial charge in [0.2, 0.25) is 5.91 Å². The summed E-state index contributed by atoms with van der Waals surface area (Å²) in [6.07, 6.45) is 0.963. The van der Waals surface area contributed by atoms with Gasteiger partial charge in [0, 0.05) is 12.1 Å². The van der Waals surface area contributed by atoms with Crippen LogP contribution in [0.25, 0.3) is 16.8 Å². The van der Waals surface area contributed by atoms with Gasteiger partial charge in [0.25, 0.3) is 5.56 Å². The number of aromatic nitrogens is 4. The molecule has 7 heteroatoms. The normalized spacial score (nSPS) is 11.1. The molecular weight excluding hydrogens is 390 g/mol. The monoisotopic (exact) mass is 415 g/mol. The predicted molar refractivity (Wildman–Crippen MR) is 120 cm³/mol. The molecule has 4 rings (SSSR count). The molecule has 1 N–H and O–H groups in total. The molecule has 2 aromatic carbocycles. The minimum atomic E-state index is -0.347. The van der Waals surface area contributed by atoms with Crippen LogP contribution < -0.4 is 10.9 Å². The van der Waals surface area contributed by atoms with Crippen molar-refractivity contribution in [3.8, 4) is 11.3 Å². The molecule has 0 unspecified atom stereocenters. The van der Waals surface area contributed by atoms with Crippen molar-refractivity contribution in [2.45, 2.75) is 40.3 Å². The number of amides is 1. The van der Waals surface area contributed by atoms with Crippen LogP contribution in [0.2, 0.25) is 0 Å². The van der Waals surface area contributed by atoms with Gasteiger partial charge in [0.05, 0.1) is 5.69 Å². The third-order valence-corrected chi connectivity index (χ3v) is 5.42. The standard InChI is InChI=1S/C24H25N5O2/c1-4-18-9-11-19(12-10-18)21-13-22-24(31)28(26-17(3)29(22)27-21)15-23(30)25-14-20-8-6-5-7-16(20)2/h5-13H,4,14-15H2,1-3H3,(H,25,30). The second-order valence-electron chi connectivity index (χ2n) is 7.59. The minimum Gasteiger partial charge on any atom is -0.350 e. The summed E-state index contributed by atoms with van der Waals surface area (Å²) in [4.78, 5) is 25.4. The van der Waals surface area contributed by atoms with Crippen LogP contribution in [0.5, 0.6) is 0 Å². The lowest BCUT2D eigenvalue weighted by Gasteiger charge is -2.09. The Balaban J connectivity index is 1.57. The van der Waals surface area contributed by atoms with E-state index in [1.54, 1.807) is 13.0 Å². The molecule has 0 aliphatic rings. The molecule has 1 amide bonds. The Bertz CT molecular complexity index is 1300. The molecule has 31 heavy (non-hydrogen) atoms. The highest BCUT2D eigenvalue weighted by atomic mass is 16.2. The highest BCUT2D eigenvalue weighted by Crippen LogP contribution is 2.19. The Hall–Kier alpha value is -3.74. The summed E-state index contributed by atoms with van der Waals surface area (Å²) in [6.45, 7) is 6.14. The first-order valence-electron chi connectivity index (χ1n) is 10.3. The fraction of sp³-hybridized carbons (Fsp3) is 0.250. The Morgan fingerprint density at radius 1 is 1.03 bits per heavy atom. The Morgan fingerprint density at radius 3 is 2.48 bits per heavy atom. The van der Waals surface area contributed by atoms with Crippen molar-refractivity contribution in [2.75, 3.05) is 0 Å². The minimum absolute atomic E-state index is 0.145. The predicted octanol–water partition coefficient (Wildman–Crippen LogP) is 3.05. The van der Waals surface area contributed by atoms with Gasteiger partial charge in [-0.05, 0) is 43.0 Å². The molecule has 0 saturated carbocycles. The SMILES string of the molecule is CCc1ccc(-c2cc3c(=O)n(CC(=O)NCc4ccccc4C)nc(C)n3n2)cc1. The molecular formula is C24H25N5O2. The van der Waals surface area contributed by atoms with E-state index in [9.17, 15) is 9.59 Å². The molecule has 0 aliphatic carbocycles. The Morgan fingerprint density at radius 2 is 1.77 bits per heavy atom. The van der Waals surface area contributed by atoms with E-state index >= 15 is 0 Å². The first-order chi connectivity index (χ1) is 15.0. The molecule has 0 fully saturated rings. The van der Waals surface area contributed by atoms with E-state index in [1.165, 1.54) is 14.8 Å². The van der Waals surface area contributed by atoms with Crippen molar-refractivity contribution in [3.05, 3.63) is 87.5 Å². The van der Waals surface area contributed by atoms with Gasteiger partial charge in [-0.2, -0.15) is 10.2 Å². The molecule has 4 aromatic rings. The van der Waals surface area contributed by atoms with Crippen LogP contribution >= 0.6 is 0 Å². The fourth-order valence-electron chi connectivity index (χ4n) is 3.53. The Kier molecular flexibility index (Phi) is 5.66. The average molecular weight is 415 g/mol. The number of nitrogens with zero attached hydrogens (tertiary/aromatic N) is 4. The molecule has 0 saturated heterocycles. The van der Waals surface area contributed by atoms with Gasteiger partial charge < -0.3 is 5.32 Å². The van der Waals surface area contributed by atoms with Gasteiger partial charge in [-0.15, -0.1) is 0 Å². The van der Waals surface area contributed by atoms with Crippen molar-refractivity contribution >= 4 is 11.4 Å². The van der Waals surface area contributed by atoms with Crippen LogP contribution in [-0.2, 0) is 24.3 Å². The number of hydrogen-bond acceptors (Lipinski definition) is 4. The lowest BCUT2D eigenvalue weighted by molar-refractivity contribution is -0.122. The largest absolute Gasteiger partial charge is 0.350 e. The lowest BCUT2D eigenvalue weighted by Crippen LogP contribution is -2.34. The van der Waals surface area contributed by atoms with E-state index in [0.717, 1.165) is 23.1 Å². The first kappa shape index (κ1) is 20.5. The summed E-state index contributed by atoms with van der Waals surface area (Å²) < 4.78 is 2.73. The summed E-state index contributed by atoms with van der Waals surface area (Å²) in [6, 6.07) is 17.7. The smallest absolute Gasteiger partial charge is 0.293 e. The number of rotatable bonds is 6. The van der Waals surface area contributed by atoms with E-state index in [4.69, 9.17) is 0 Å². The molecule has 7 nitrogen and oxygen atoms in total. The maximum Gasteiger partial charge on any atom is 0.293 e. The van der Waals surface area contributed by atoms with E-state index < -0.39 is 0 Å². The summed E-state index contributed by atoms with van der Waals surface area (Å²) in [5, 5.41) is 11.7. The number of carbonyl (C=O) groups is 1. The van der Waals surface area contributed by atoms with Crippen molar-refractivity contribution in [3.63, 3.8) is 0 Å².